The van der Waals surface area contributed by atoms with Gasteiger partial charge in [0.15, 0.2) is 0 Å². The van der Waals surface area contributed by atoms with E-state index in [9.17, 15) is 4.39 Å². The molecule has 2 heterocycles. The maximum atomic E-state index is 13.0. The van der Waals surface area contributed by atoms with Crippen molar-refractivity contribution in [2.24, 2.45) is 0 Å². The number of hydrogen-bond acceptors (Lipinski definition) is 5. The second-order valence-electron chi connectivity index (χ2n) is 2.99. The molecule has 0 radical (unpaired) electrons. The van der Waals surface area contributed by atoms with Crippen molar-refractivity contribution in [3.63, 3.8) is 0 Å². The lowest BCUT2D eigenvalue weighted by Gasteiger charge is -2.12. The third-order valence-electron chi connectivity index (χ3n) is 2.02. The van der Waals surface area contributed by atoms with Crippen molar-refractivity contribution in [2.75, 3.05) is 7.05 Å². The van der Waals surface area contributed by atoms with Crippen LogP contribution in [0.2, 0.25) is 0 Å². The highest BCUT2D eigenvalue weighted by Crippen LogP contribution is 2.19. The summed E-state index contributed by atoms with van der Waals surface area (Å²) in [6.07, 6.45) is 4.45. The Labute approximate surface area is 90.5 Å². The first-order valence-corrected chi connectivity index (χ1v) is 5.09. The molecule has 0 aliphatic heterocycles. The number of nitrogens with one attached hydrogen (secondary N) is 1. The van der Waals surface area contributed by atoms with Gasteiger partial charge in [0.2, 0.25) is 0 Å². The zero-order valence-corrected chi connectivity index (χ0v) is 8.83. The topological polar surface area (TPSA) is 50.7 Å². The monoisotopic (exact) mass is 224 g/mol. The molecule has 6 heteroatoms. The van der Waals surface area contributed by atoms with Crippen LogP contribution in [-0.2, 0) is 0 Å². The molecule has 78 valence electrons. The first-order chi connectivity index (χ1) is 7.31. The third-order valence-corrected chi connectivity index (χ3v) is 2.51. The van der Waals surface area contributed by atoms with Crippen LogP contribution in [0, 0.1) is 5.82 Å². The molecule has 1 unspecified atom stereocenters. The highest BCUT2D eigenvalue weighted by molar-refractivity contribution is 6.99. The van der Waals surface area contributed by atoms with Gasteiger partial charge in [-0.15, -0.1) is 0 Å². The van der Waals surface area contributed by atoms with Gasteiger partial charge >= 0.3 is 0 Å². The molecule has 0 aliphatic rings. The van der Waals surface area contributed by atoms with Crippen LogP contribution in [-0.4, -0.2) is 20.8 Å². The molecule has 0 bridgehead atoms. The summed E-state index contributed by atoms with van der Waals surface area (Å²) in [6.45, 7) is 0. The minimum atomic E-state index is -0.351. The van der Waals surface area contributed by atoms with Gasteiger partial charge in [0.05, 0.1) is 35.9 Å². The Kier molecular flexibility index (Phi) is 2.98. The molecular formula is C9H9FN4S. The number of rotatable bonds is 3. The zero-order chi connectivity index (χ0) is 10.7. The number of pyridine rings is 1. The first-order valence-electron chi connectivity index (χ1n) is 4.36. The van der Waals surface area contributed by atoms with Gasteiger partial charge in [0.1, 0.15) is 5.82 Å². The van der Waals surface area contributed by atoms with Gasteiger partial charge in [-0.25, -0.2) is 4.39 Å². The van der Waals surface area contributed by atoms with E-state index in [1.807, 2.05) is 0 Å². The summed E-state index contributed by atoms with van der Waals surface area (Å²) in [4.78, 5) is 3.80. The van der Waals surface area contributed by atoms with Crippen LogP contribution >= 0.6 is 11.7 Å². The Hall–Kier alpha value is -1.40. The maximum Gasteiger partial charge on any atom is 0.141 e. The Morgan fingerprint density at radius 3 is 2.87 bits per heavy atom. The molecule has 1 atom stereocenters. The van der Waals surface area contributed by atoms with Crippen LogP contribution in [0.25, 0.3) is 0 Å². The van der Waals surface area contributed by atoms with Crippen molar-refractivity contribution < 1.29 is 4.39 Å². The van der Waals surface area contributed by atoms with E-state index in [0.29, 0.717) is 0 Å². The number of hydrogen-bond donors (Lipinski definition) is 1. The van der Waals surface area contributed by atoms with Gasteiger partial charge in [-0.1, -0.05) is 0 Å². The third kappa shape index (κ3) is 2.16. The van der Waals surface area contributed by atoms with Crippen LogP contribution in [0.5, 0.6) is 0 Å². The Morgan fingerprint density at radius 1 is 1.40 bits per heavy atom. The van der Waals surface area contributed by atoms with E-state index in [2.05, 4.69) is 19.0 Å². The molecule has 0 saturated heterocycles. The summed E-state index contributed by atoms with van der Waals surface area (Å²) in [6, 6.07) is 1.28. The standard InChI is InChI=1S/C9H9FN4S/c1-11-9(8-5-13-15-14-8)6-2-7(10)4-12-3-6/h2-5,9,11H,1H3. The predicted molar refractivity (Wildman–Crippen MR) is 55.0 cm³/mol. The summed E-state index contributed by atoms with van der Waals surface area (Å²) >= 11 is 1.13. The summed E-state index contributed by atoms with van der Waals surface area (Å²) in [5, 5.41) is 3.05. The minimum absolute atomic E-state index is 0.160. The molecule has 2 rings (SSSR count). The average molecular weight is 224 g/mol. The molecule has 1 N–H and O–H groups in total. The van der Waals surface area contributed by atoms with Crippen LogP contribution in [0.1, 0.15) is 17.3 Å². The second-order valence-corrected chi connectivity index (χ2v) is 3.55. The summed E-state index contributed by atoms with van der Waals surface area (Å²) in [7, 11) is 1.79. The van der Waals surface area contributed by atoms with Gasteiger partial charge in [-0.3, -0.25) is 4.98 Å². The fourth-order valence-corrected chi connectivity index (χ4v) is 1.82. The number of nitrogens with zero attached hydrogens (tertiary/aromatic N) is 3. The van der Waals surface area contributed by atoms with E-state index < -0.39 is 0 Å². The highest BCUT2D eigenvalue weighted by atomic mass is 32.1. The lowest BCUT2D eigenvalue weighted by Crippen LogP contribution is -2.18. The lowest BCUT2D eigenvalue weighted by atomic mass is 10.1. The van der Waals surface area contributed by atoms with Crippen molar-refractivity contribution in [1.29, 1.82) is 0 Å². The maximum absolute atomic E-state index is 13.0. The van der Waals surface area contributed by atoms with Crippen LogP contribution in [0.4, 0.5) is 4.39 Å². The summed E-state index contributed by atoms with van der Waals surface area (Å²) < 4.78 is 21.0. The highest BCUT2D eigenvalue weighted by Gasteiger charge is 2.15. The molecule has 2 aromatic rings. The van der Waals surface area contributed by atoms with Crippen molar-refractivity contribution >= 4 is 11.7 Å². The van der Waals surface area contributed by atoms with E-state index in [1.54, 1.807) is 19.4 Å². The predicted octanol–water partition coefficient (Wildman–Crippen LogP) is 1.38. The van der Waals surface area contributed by atoms with E-state index in [1.165, 1.54) is 12.3 Å². The molecule has 0 fully saturated rings. The molecule has 0 aliphatic carbocycles. The van der Waals surface area contributed by atoms with Gasteiger partial charge in [0, 0.05) is 6.20 Å². The molecule has 0 aromatic carbocycles. The van der Waals surface area contributed by atoms with Crippen molar-refractivity contribution in [3.05, 3.63) is 41.7 Å². The average Bonchev–Trinajstić information content (AvgIpc) is 2.72. The molecule has 2 aromatic heterocycles. The molecular weight excluding hydrogens is 215 g/mol. The summed E-state index contributed by atoms with van der Waals surface area (Å²) in [5.41, 5.74) is 1.51. The zero-order valence-electron chi connectivity index (χ0n) is 8.01. The first kappa shape index (κ1) is 10.1. The Balaban J connectivity index is 2.35. The van der Waals surface area contributed by atoms with Crippen LogP contribution < -0.4 is 5.32 Å². The lowest BCUT2D eigenvalue weighted by molar-refractivity contribution is 0.607. The molecule has 0 saturated carbocycles. The smallest absolute Gasteiger partial charge is 0.141 e. The van der Waals surface area contributed by atoms with E-state index in [4.69, 9.17) is 0 Å². The Morgan fingerprint density at radius 2 is 2.27 bits per heavy atom. The number of halogens is 1. The number of aromatic nitrogens is 3. The quantitative estimate of drug-likeness (QED) is 0.855. The van der Waals surface area contributed by atoms with E-state index in [0.717, 1.165) is 23.0 Å². The van der Waals surface area contributed by atoms with Crippen molar-refractivity contribution in [2.45, 2.75) is 6.04 Å². The normalized spacial score (nSPS) is 12.7. The van der Waals surface area contributed by atoms with Crippen molar-refractivity contribution in [3.8, 4) is 0 Å². The summed E-state index contributed by atoms with van der Waals surface area (Å²) in [5.74, 6) is -0.351. The SMILES string of the molecule is CNC(c1cncc(F)c1)c1cnsn1. The Bertz CT molecular complexity index is 431. The molecule has 4 nitrogen and oxygen atoms in total. The van der Waals surface area contributed by atoms with Gasteiger partial charge in [-0.05, 0) is 18.7 Å². The molecule has 15 heavy (non-hydrogen) atoms. The fourth-order valence-electron chi connectivity index (χ4n) is 1.37. The van der Waals surface area contributed by atoms with Crippen molar-refractivity contribution in [1.82, 2.24) is 19.0 Å². The van der Waals surface area contributed by atoms with E-state index in [-0.39, 0.29) is 11.9 Å². The van der Waals surface area contributed by atoms with Gasteiger partial charge in [0.25, 0.3) is 0 Å². The van der Waals surface area contributed by atoms with Gasteiger partial charge in [-0.2, -0.15) is 8.75 Å². The molecule has 0 amide bonds. The molecule has 0 spiro atoms. The van der Waals surface area contributed by atoms with E-state index >= 15 is 0 Å². The largest absolute Gasteiger partial charge is 0.308 e. The fraction of sp³-hybridized carbons (Fsp3) is 0.222. The van der Waals surface area contributed by atoms with Crippen LogP contribution in [0.3, 0.4) is 0 Å². The van der Waals surface area contributed by atoms with Gasteiger partial charge < -0.3 is 5.32 Å². The van der Waals surface area contributed by atoms with Crippen LogP contribution in [0.15, 0.2) is 24.7 Å². The second kappa shape index (κ2) is 4.41. The minimum Gasteiger partial charge on any atom is -0.308 e.